The van der Waals surface area contributed by atoms with E-state index >= 15 is 0 Å². The number of carbonyl (C=O) groups is 2. The second kappa shape index (κ2) is 10.5. The maximum absolute atomic E-state index is 12.9. The number of rotatable bonds is 8. The molecule has 2 N–H and O–H groups in total. The number of sulfonamides is 1. The van der Waals surface area contributed by atoms with Gasteiger partial charge >= 0.3 is 0 Å². The number of amidine groups is 1. The molecule has 0 aromatic heterocycles. The number of nitrogens with one attached hydrogen (secondary N) is 2. The van der Waals surface area contributed by atoms with Gasteiger partial charge in [0, 0.05) is 19.4 Å². The van der Waals surface area contributed by atoms with Crippen LogP contribution in [-0.2, 0) is 24.5 Å². The van der Waals surface area contributed by atoms with Crippen molar-refractivity contribution in [2.45, 2.75) is 37.5 Å². The molecular formula is C23H28N4O4S2. The SMILES string of the molecule is CCC(=O)N1N=C(NC(=O)C(C)c2ccccc2)SC1(CCNS(C)(=O)=O)c1ccccc1. The van der Waals surface area contributed by atoms with E-state index in [2.05, 4.69) is 15.1 Å². The fraction of sp³-hybridized carbons (Fsp3) is 0.348. The minimum Gasteiger partial charge on any atom is -0.303 e. The number of nitrogens with zero attached hydrogens (tertiary/aromatic N) is 2. The first-order chi connectivity index (χ1) is 15.7. The third-order valence-corrected chi connectivity index (χ3v) is 7.37. The van der Waals surface area contributed by atoms with Crippen molar-refractivity contribution in [1.29, 1.82) is 0 Å². The van der Waals surface area contributed by atoms with Crippen molar-refractivity contribution >= 4 is 38.8 Å². The quantitative estimate of drug-likeness (QED) is 0.594. The molecule has 0 saturated carbocycles. The lowest BCUT2D eigenvalue weighted by molar-refractivity contribution is -0.134. The Labute approximate surface area is 198 Å². The highest BCUT2D eigenvalue weighted by Crippen LogP contribution is 2.48. The van der Waals surface area contributed by atoms with Crippen LogP contribution in [-0.4, -0.2) is 43.2 Å². The van der Waals surface area contributed by atoms with Gasteiger partial charge in [-0.1, -0.05) is 79.3 Å². The van der Waals surface area contributed by atoms with Crippen molar-refractivity contribution in [3.05, 3.63) is 71.8 Å². The van der Waals surface area contributed by atoms with Crippen LogP contribution in [0.5, 0.6) is 0 Å². The van der Waals surface area contributed by atoms with Gasteiger partial charge in [-0.25, -0.2) is 18.1 Å². The van der Waals surface area contributed by atoms with E-state index in [9.17, 15) is 18.0 Å². The Hall–Kier alpha value is -2.69. The van der Waals surface area contributed by atoms with Gasteiger partial charge in [-0.3, -0.25) is 9.59 Å². The van der Waals surface area contributed by atoms with Gasteiger partial charge in [0.2, 0.25) is 21.8 Å². The van der Waals surface area contributed by atoms with Gasteiger partial charge in [0.05, 0.1) is 12.2 Å². The predicted octanol–water partition coefficient (Wildman–Crippen LogP) is 2.96. The monoisotopic (exact) mass is 488 g/mol. The van der Waals surface area contributed by atoms with Gasteiger partial charge < -0.3 is 5.32 Å². The second-order valence-electron chi connectivity index (χ2n) is 7.75. The lowest BCUT2D eigenvalue weighted by Crippen LogP contribution is -2.43. The molecular weight excluding hydrogens is 460 g/mol. The fourth-order valence-electron chi connectivity index (χ4n) is 3.55. The highest BCUT2D eigenvalue weighted by Gasteiger charge is 2.48. The molecule has 0 fully saturated rings. The Morgan fingerprint density at radius 3 is 2.27 bits per heavy atom. The van der Waals surface area contributed by atoms with Gasteiger partial charge in [0.15, 0.2) is 5.17 Å². The van der Waals surface area contributed by atoms with Crippen LogP contribution in [0.4, 0.5) is 0 Å². The van der Waals surface area contributed by atoms with E-state index in [1.165, 1.54) is 16.8 Å². The summed E-state index contributed by atoms with van der Waals surface area (Å²) in [6, 6.07) is 18.7. The van der Waals surface area contributed by atoms with Crippen molar-refractivity contribution < 1.29 is 18.0 Å². The molecule has 2 amide bonds. The zero-order chi connectivity index (χ0) is 24.1. The maximum atomic E-state index is 12.9. The first-order valence-electron chi connectivity index (χ1n) is 10.6. The summed E-state index contributed by atoms with van der Waals surface area (Å²) in [4.78, 5) is 24.8. The molecule has 0 bridgehead atoms. The fourth-order valence-corrected chi connectivity index (χ4v) is 5.30. The minimum atomic E-state index is -3.41. The molecule has 0 aliphatic carbocycles. The van der Waals surface area contributed by atoms with Gasteiger partial charge in [0.25, 0.3) is 0 Å². The largest absolute Gasteiger partial charge is 0.303 e. The summed E-state index contributed by atoms with van der Waals surface area (Å²) in [7, 11) is -3.41. The topological polar surface area (TPSA) is 108 Å². The van der Waals surface area contributed by atoms with Crippen LogP contribution >= 0.6 is 11.8 Å². The number of carbonyl (C=O) groups excluding carboxylic acids is 2. The van der Waals surface area contributed by atoms with E-state index in [-0.39, 0.29) is 31.2 Å². The second-order valence-corrected chi connectivity index (χ2v) is 10.9. The highest BCUT2D eigenvalue weighted by molar-refractivity contribution is 8.14. The lowest BCUT2D eigenvalue weighted by atomic mass is 10.0. The van der Waals surface area contributed by atoms with E-state index in [0.29, 0.717) is 5.17 Å². The molecule has 2 aromatic carbocycles. The predicted molar refractivity (Wildman–Crippen MR) is 131 cm³/mol. The minimum absolute atomic E-state index is 0.103. The summed E-state index contributed by atoms with van der Waals surface area (Å²) >= 11 is 1.24. The summed E-state index contributed by atoms with van der Waals surface area (Å²) < 4.78 is 25.8. The van der Waals surface area contributed by atoms with Crippen LogP contribution in [0.1, 0.15) is 43.7 Å². The highest BCUT2D eigenvalue weighted by atomic mass is 32.2. The van der Waals surface area contributed by atoms with Gasteiger partial charge in [-0.15, -0.1) is 5.10 Å². The van der Waals surface area contributed by atoms with E-state index in [4.69, 9.17) is 0 Å². The third kappa shape index (κ3) is 6.01. The molecule has 2 aromatic rings. The van der Waals surface area contributed by atoms with E-state index in [0.717, 1.165) is 17.4 Å². The zero-order valence-electron chi connectivity index (χ0n) is 18.8. The summed E-state index contributed by atoms with van der Waals surface area (Å²) in [6.07, 6.45) is 1.56. The molecule has 2 unspecified atom stereocenters. The summed E-state index contributed by atoms with van der Waals surface area (Å²) in [5.74, 6) is -0.885. The number of benzene rings is 2. The molecule has 1 aliphatic heterocycles. The van der Waals surface area contributed by atoms with Crippen LogP contribution in [0.25, 0.3) is 0 Å². The first-order valence-corrected chi connectivity index (χ1v) is 13.3. The Morgan fingerprint density at radius 2 is 1.70 bits per heavy atom. The molecule has 8 nitrogen and oxygen atoms in total. The average molecular weight is 489 g/mol. The first kappa shape index (κ1) is 24.9. The molecule has 0 spiro atoms. The van der Waals surface area contributed by atoms with Crippen molar-refractivity contribution in [2.75, 3.05) is 12.8 Å². The van der Waals surface area contributed by atoms with Gasteiger partial charge in [0.1, 0.15) is 4.87 Å². The number of hydrogen-bond acceptors (Lipinski definition) is 6. The maximum Gasteiger partial charge on any atom is 0.244 e. The van der Waals surface area contributed by atoms with E-state index < -0.39 is 20.8 Å². The van der Waals surface area contributed by atoms with Crippen molar-refractivity contribution in [3.63, 3.8) is 0 Å². The van der Waals surface area contributed by atoms with Crippen molar-refractivity contribution in [2.24, 2.45) is 5.10 Å². The lowest BCUT2D eigenvalue weighted by Gasteiger charge is -2.35. The zero-order valence-corrected chi connectivity index (χ0v) is 20.4. The molecule has 3 rings (SSSR count). The van der Waals surface area contributed by atoms with Crippen LogP contribution < -0.4 is 10.0 Å². The van der Waals surface area contributed by atoms with Crippen LogP contribution in [0.2, 0.25) is 0 Å². The summed E-state index contributed by atoms with van der Waals surface area (Å²) in [5, 5.41) is 9.01. The van der Waals surface area contributed by atoms with Crippen molar-refractivity contribution in [1.82, 2.24) is 15.0 Å². The number of thioether (sulfide) groups is 1. The molecule has 0 saturated heterocycles. The molecule has 2 atom stereocenters. The number of amides is 2. The molecule has 33 heavy (non-hydrogen) atoms. The van der Waals surface area contributed by atoms with Crippen LogP contribution in [0, 0.1) is 0 Å². The van der Waals surface area contributed by atoms with Gasteiger partial charge in [-0.2, -0.15) is 0 Å². The molecule has 1 aliphatic rings. The molecule has 1 heterocycles. The number of hydrogen-bond donors (Lipinski definition) is 2. The van der Waals surface area contributed by atoms with Crippen molar-refractivity contribution in [3.8, 4) is 0 Å². The molecule has 176 valence electrons. The summed E-state index contributed by atoms with van der Waals surface area (Å²) in [6.45, 7) is 3.65. The number of hydrazone groups is 1. The van der Waals surface area contributed by atoms with Crippen LogP contribution in [0.3, 0.4) is 0 Å². The van der Waals surface area contributed by atoms with Gasteiger partial charge in [-0.05, 0) is 18.1 Å². The molecule has 10 heteroatoms. The van der Waals surface area contributed by atoms with E-state index in [1.54, 1.807) is 13.8 Å². The normalized spacial score (nSPS) is 19.1. The Morgan fingerprint density at radius 1 is 1.09 bits per heavy atom. The standard InChI is InChI=1S/C23H28N4O4S2/c1-4-20(28)27-23(15-16-24-33(3,30)31,19-13-9-6-10-14-19)32-22(26-27)25-21(29)17(2)18-11-7-5-8-12-18/h5-14,17,24H,4,15-16H2,1-3H3,(H,25,26,29). The van der Waals surface area contributed by atoms with Crippen LogP contribution in [0.15, 0.2) is 65.8 Å². The Balaban J connectivity index is 1.91. The van der Waals surface area contributed by atoms with E-state index in [1.807, 2.05) is 60.7 Å². The smallest absolute Gasteiger partial charge is 0.244 e. The summed E-state index contributed by atoms with van der Waals surface area (Å²) in [5.41, 5.74) is 1.66. The molecule has 0 radical (unpaired) electrons. The Bertz CT molecular complexity index is 1120. The Kier molecular flexibility index (Phi) is 7.93. The average Bonchev–Trinajstić information content (AvgIpc) is 3.17. The third-order valence-electron chi connectivity index (χ3n) is 5.31.